The third kappa shape index (κ3) is 3.57. The second-order valence-corrected chi connectivity index (χ2v) is 4.43. The highest BCUT2D eigenvalue weighted by Gasteiger charge is 2.07. The number of benzene rings is 1. The summed E-state index contributed by atoms with van der Waals surface area (Å²) >= 11 is 0. The van der Waals surface area contributed by atoms with Gasteiger partial charge in [-0.05, 0) is 18.2 Å². The number of sulfonamides is 1. The van der Waals surface area contributed by atoms with Gasteiger partial charge in [-0.1, -0.05) is 6.07 Å². The van der Waals surface area contributed by atoms with E-state index in [1.54, 1.807) is 12.1 Å². The van der Waals surface area contributed by atoms with Crippen LogP contribution in [0.5, 0.6) is 0 Å². The summed E-state index contributed by atoms with van der Waals surface area (Å²) in [6.07, 6.45) is 0. The van der Waals surface area contributed by atoms with Gasteiger partial charge in [0.15, 0.2) is 0 Å². The molecule has 0 saturated carbocycles. The molecule has 8 heteroatoms. The Balaban J connectivity index is 3.01. The molecule has 86 valence electrons. The minimum atomic E-state index is -3.79. The van der Waals surface area contributed by atoms with Crippen molar-refractivity contribution in [1.82, 2.24) is 0 Å². The predicted octanol–water partition coefficient (Wildman–Crippen LogP) is 0.149. The summed E-state index contributed by atoms with van der Waals surface area (Å²) in [5.74, 6) is 0. The maximum Gasteiger partial charge on any atom is 0.238 e. The van der Waals surface area contributed by atoms with E-state index in [2.05, 4.69) is 10.5 Å². The van der Waals surface area contributed by atoms with Crippen LogP contribution in [0.1, 0.15) is 0 Å². The lowest BCUT2D eigenvalue weighted by molar-refractivity contribution is 0.598. The van der Waals surface area contributed by atoms with Crippen LogP contribution in [0.4, 0.5) is 5.69 Å². The van der Waals surface area contributed by atoms with Gasteiger partial charge in [0, 0.05) is 0 Å². The summed E-state index contributed by atoms with van der Waals surface area (Å²) in [4.78, 5) is -0.0897. The van der Waals surface area contributed by atoms with E-state index >= 15 is 0 Å². The largest absolute Gasteiger partial charge is 0.276 e. The van der Waals surface area contributed by atoms with Crippen LogP contribution in [-0.4, -0.2) is 14.1 Å². The first-order valence-electron chi connectivity index (χ1n) is 4.24. The number of hydrogen-bond donors (Lipinski definition) is 2. The van der Waals surface area contributed by atoms with Crippen LogP contribution in [0.15, 0.2) is 34.3 Å². The van der Waals surface area contributed by atoms with Crippen LogP contribution >= 0.6 is 0 Å². The van der Waals surface area contributed by atoms with Crippen molar-refractivity contribution in [3.8, 4) is 12.1 Å². The Kier molecular flexibility index (Phi) is 3.78. The molecule has 0 atom stereocenters. The lowest BCUT2D eigenvalue weighted by Gasteiger charge is -2.02. The minimum Gasteiger partial charge on any atom is -0.276 e. The summed E-state index contributed by atoms with van der Waals surface area (Å²) in [5.41, 5.74) is 2.32. The number of rotatable bonds is 3. The normalized spacial score (nSPS) is 9.82. The molecule has 0 aliphatic heterocycles. The Labute approximate surface area is 97.8 Å². The molecular formula is C9H7N5O2S. The third-order valence-electron chi connectivity index (χ3n) is 1.67. The zero-order chi connectivity index (χ0) is 12.9. The Bertz CT molecular complexity index is 620. The number of hydrazone groups is 1. The maximum atomic E-state index is 11.0. The van der Waals surface area contributed by atoms with E-state index in [1.807, 2.05) is 0 Å². The van der Waals surface area contributed by atoms with E-state index in [0.29, 0.717) is 5.69 Å². The molecule has 0 heterocycles. The van der Waals surface area contributed by atoms with Crippen molar-refractivity contribution in [2.75, 3.05) is 5.43 Å². The molecule has 0 aromatic heterocycles. The van der Waals surface area contributed by atoms with E-state index in [-0.39, 0.29) is 10.6 Å². The number of nitrogens with one attached hydrogen (secondary N) is 1. The van der Waals surface area contributed by atoms with Crippen LogP contribution in [0.25, 0.3) is 0 Å². The van der Waals surface area contributed by atoms with E-state index < -0.39 is 10.0 Å². The van der Waals surface area contributed by atoms with Crippen molar-refractivity contribution >= 4 is 21.4 Å². The molecule has 17 heavy (non-hydrogen) atoms. The maximum absolute atomic E-state index is 11.0. The Morgan fingerprint density at radius 3 is 2.53 bits per heavy atom. The van der Waals surface area contributed by atoms with Crippen LogP contribution in [0.2, 0.25) is 0 Å². The first-order chi connectivity index (χ1) is 7.97. The Morgan fingerprint density at radius 1 is 1.35 bits per heavy atom. The monoisotopic (exact) mass is 249 g/mol. The van der Waals surface area contributed by atoms with Gasteiger partial charge in [0.05, 0.1) is 10.6 Å². The second-order valence-electron chi connectivity index (χ2n) is 2.87. The molecule has 0 bridgehead atoms. The number of hydrogen-bond acceptors (Lipinski definition) is 6. The van der Waals surface area contributed by atoms with Gasteiger partial charge >= 0.3 is 0 Å². The molecule has 1 rings (SSSR count). The number of anilines is 1. The fraction of sp³-hybridized carbons (Fsp3) is 0. The molecule has 0 radical (unpaired) electrons. The lowest BCUT2D eigenvalue weighted by Crippen LogP contribution is -2.12. The molecular weight excluding hydrogens is 242 g/mol. The van der Waals surface area contributed by atoms with Gasteiger partial charge < -0.3 is 0 Å². The molecule has 1 aromatic carbocycles. The fourth-order valence-corrected chi connectivity index (χ4v) is 1.50. The molecule has 0 amide bonds. The summed E-state index contributed by atoms with van der Waals surface area (Å²) < 4.78 is 22.1. The van der Waals surface area contributed by atoms with Crippen LogP contribution < -0.4 is 10.6 Å². The quantitative estimate of drug-likeness (QED) is 0.581. The zero-order valence-electron chi connectivity index (χ0n) is 8.45. The van der Waals surface area contributed by atoms with Crippen molar-refractivity contribution in [1.29, 1.82) is 10.5 Å². The number of nitriles is 2. The SMILES string of the molecule is N#CC(C#N)=NNc1cccc(S(N)(=O)=O)c1. The minimum absolute atomic E-state index is 0.0897. The molecule has 3 N–H and O–H groups in total. The predicted molar refractivity (Wildman–Crippen MR) is 60.1 cm³/mol. The van der Waals surface area contributed by atoms with Gasteiger partial charge in [0.1, 0.15) is 12.1 Å². The average molecular weight is 249 g/mol. The van der Waals surface area contributed by atoms with Gasteiger partial charge in [0.2, 0.25) is 15.7 Å². The standard InChI is InChI=1S/C9H7N5O2S/c10-5-8(6-11)14-13-7-2-1-3-9(4-7)17(12,15)16/h1-4,13H,(H2,12,15,16). The summed E-state index contributed by atoms with van der Waals surface area (Å²) in [6, 6.07) is 8.63. The molecule has 0 aliphatic carbocycles. The zero-order valence-corrected chi connectivity index (χ0v) is 9.27. The summed E-state index contributed by atoms with van der Waals surface area (Å²) in [5, 5.41) is 25.3. The second kappa shape index (κ2) is 5.07. The van der Waals surface area contributed by atoms with E-state index in [0.717, 1.165) is 0 Å². The van der Waals surface area contributed by atoms with E-state index in [9.17, 15) is 8.42 Å². The first kappa shape index (κ1) is 12.6. The van der Waals surface area contributed by atoms with Gasteiger partial charge in [-0.3, -0.25) is 5.43 Å². The molecule has 0 fully saturated rings. The molecule has 0 spiro atoms. The molecule has 1 aromatic rings. The smallest absolute Gasteiger partial charge is 0.238 e. The number of nitrogens with zero attached hydrogens (tertiary/aromatic N) is 3. The van der Waals surface area contributed by atoms with Crippen molar-refractivity contribution < 1.29 is 8.42 Å². The van der Waals surface area contributed by atoms with Crippen molar-refractivity contribution in [3.63, 3.8) is 0 Å². The van der Waals surface area contributed by atoms with Crippen molar-refractivity contribution in [2.24, 2.45) is 10.2 Å². The number of nitrogens with two attached hydrogens (primary N) is 1. The average Bonchev–Trinajstić information content (AvgIpc) is 2.30. The summed E-state index contributed by atoms with van der Waals surface area (Å²) in [7, 11) is -3.79. The van der Waals surface area contributed by atoms with Gasteiger partial charge in [0.25, 0.3) is 0 Å². The van der Waals surface area contributed by atoms with E-state index in [1.165, 1.54) is 24.3 Å². The fourth-order valence-electron chi connectivity index (χ4n) is 0.938. The lowest BCUT2D eigenvalue weighted by atomic mass is 10.3. The van der Waals surface area contributed by atoms with Gasteiger partial charge in [-0.2, -0.15) is 15.6 Å². The molecule has 7 nitrogen and oxygen atoms in total. The first-order valence-corrected chi connectivity index (χ1v) is 5.79. The highest BCUT2D eigenvalue weighted by Crippen LogP contribution is 2.13. The summed E-state index contributed by atoms with van der Waals surface area (Å²) in [6.45, 7) is 0. The Hall–Kier alpha value is -2.42. The van der Waals surface area contributed by atoms with Crippen LogP contribution in [-0.2, 0) is 10.0 Å². The van der Waals surface area contributed by atoms with Crippen LogP contribution in [0, 0.1) is 22.7 Å². The third-order valence-corrected chi connectivity index (χ3v) is 2.58. The van der Waals surface area contributed by atoms with Crippen molar-refractivity contribution in [3.05, 3.63) is 24.3 Å². The topological polar surface area (TPSA) is 132 Å². The molecule has 0 saturated heterocycles. The van der Waals surface area contributed by atoms with Gasteiger partial charge in [-0.15, -0.1) is 0 Å². The van der Waals surface area contributed by atoms with E-state index in [4.69, 9.17) is 15.7 Å². The van der Waals surface area contributed by atoms with Gasteiger partial charge in [-0.25, -0.2) is 13.6 Å². The molecule has 0 unspecified atom stereocenters. The number of primary sulfonamides is 1. The van der Waals surface area contributed by atoms with Crippen molar-refractivity contribution in [2.45, 2.75) is 4.90 Å². The molecule has 0 aliphatic rings. The highest BCUT2D eigenvalue weighted by atomic mass is 32.2. The Morgan fingerprint density at radius 2 is 2.00 bits per heavy atom. The van der Waals surface area contributed by atoms with Crippen LogP contribution in [0.3, 0.4) is 0 Å². The highest BCUT2D eigenvalue weighted by molar-refractivity contribution is 7.89.